The molecule has 0 bridgehead atoms. The second-order valence-corrected chi connectivity index (χ2v) is 3.92. The van der Waals surface area contributed by atoms with Gasteiger partial charge in [-0.15, -0.1) is 0 Å². The highest BCUT2D eigenvalue weighted by atomic mass is 16.6. The molecule has 0 aromatic rings. The second kappa shape index (κ2) is 5.56. The molecule has 1 saturated heterocycles. The zero-order valence-corrected chi connectivity index (χ0v) is 9.31. The minimum atomic E-state index is -1.64. The van der Waals surface area contributed by atoms with Gasteiger partial charge in [0.1, 0.15) is 31.0 Å². The van der Waals surface area contributed by atoms with E-state index in [1.807, 2.05) is 0 Å². The number of esters is 1. The van der Waals surface area contributed by atoms with Gasteiger partial charge in [0.05, 0.1) is 0 Å². The van der Waals surface area contributed by atoms with Crippen molar-refractivity contribution in [3.05, 3.63) is 12.2 Å². The minimum Gasteiger partial charge on any atom is -0.459 e. The number of carbonyl (C=O) groups excluding carboxylic acids is 1. The van der Waals surface area contributed by atoms with E-state index in [0.717, 1.165) is 0 Å². The molecule has 1 heterocycles. The Morgan fingerprint density at radius 2 is 1.82 bits per heavy atom. The van der Waals surface area contributed by atoms with Gasteiger partial charge in [0.2, 0.25) is 0 Å². The van der Waals surface area contributed by atoms with Crippen molar-refractivity contribution >= 4 is 5.97 Å². The predicted molar refractivity (Wildman–Crippen MR) is 54.7 cm³/mol. The van der Waals surface area contributed by atoms with Crippen LogP contribution in [0.25, 0.3) is 0 Å². The van der Waals surface area contributed by atoms with Gasteiger partial charge in [-0.05, 0) is 6.92 Å². The Hall–Kier alpha value is -0.990. The maximum Gasteiger partial charge on any atom is 0.333 e. The van der Waals surface area contributed by atoms with E-state index in [2.05, 4.69) is 6.58 Å². The van der Waals surface area contributed by atoms with Crippen molar-refractivity contribution in [2.24, 2.45) is 0 Å². The van der Waals surface area contributed by atoms with Crippen LogP contribution in [0.15, 0.2) is 12.2 Å². The van der Waals surface area contributed by atoms with Crippen molar-refractivity contribution < 1.29 is 34.7 Å². The van der Waals surface area contributed by atoms with Crippen molar-refractivity contribution in [1.29, 1.82) is 0 Å². The molecule has 0 amide bonds. The molecule has 1 unspecified atom stereocenters. The van der Waals surface area contributed by atoms with Crippen LogP contribution in [0.3, 0.4) is 0 Å². The van der Waals surface area contributed by atoms with Gasteiger partial charge < -0.3 is 29.9 Å². The van der Waals surface area contributed by atoms with Crippen LogP contribution in [0.1, 0.15) is 6.92 Å². The molecule has 1 aliphatic rings. The zero-order chi connectivity index (χ0) is 13.2. The largest absolute Gasteiger partial charge is 0.459 e. The lowest BCUT2D eigenvalue weighted by atomic mass is 9.99. The third-order valence-electron chi connectivity index (χ3n) is 2.41. The third-order valence-corrected chi connectivity index (χ3v) is 2.41. The lowest BCUT2D eigenvalue weighted by molar-refractivity contribution is -0.287. The molecule has 0 radical (unpaired) electrons. The molecule has 98 valence electrons. The lowest BCUT2D eigenvalue weighted by Gasteiger charge is -2.37. The van der Waals surface area contributed by atoms with E-state index in [1.165, 1.54) is 6.92 Å². The van der Waals surface area contributed by atoms with Crippen molar-refractivity contribution in [2.75, 3.05) is 6.61 Å². The number of aliphatic hydroxyl groups excluding tert-OH is 4. The summed E-state index contributed by atoms with van der Waals surface area (Å²) in [7, 11) is 0. The molecule has 0 aromatic carbocycles. The van der Waals surface area contributed by atoms with E-state index in [1.54, 1.807) is 0 Å². The van der Waals surface area contributed by atoms with E-state index < -0.39 is 36.7 Å². The smallest absolute Gasteiger partial charge is 0.333 e. The number of carbonyl (C=O) groups is 1. The van der Waals surface area contributed by atoms with Gasteiger partial charge in [-0.1, -0.05) is 6.58 Å². The molecule has 1 aliphatic heterocycles. The maximum absolute atomic E-state index is 11.1. The summed E-state index contributed by atoms with van der Waals surface area (Å²) in [6, 6.07) is 0. The fourth-order valence-corrected chi connectivity index (χ4v) is 1.35. The summed E-state index contributed by atoms with van der Waals surface area (Å²) in [5.41, 5.74) is 0.177. The molecule has 1 fully saturated rings. The van der Waals surface area contributed by atoms with Crippen molar-refractivity contribution in [3.63, 3.8) is 0 Å². The molecular weight excluding hydrogens is 232 g/mol. The first-order chi connectivity index (χ1) is 7.84. The average molecular weight is 248 g/mol. The molecule has 0 aromatic heterocycles. The Kier molecular flexibility index (Phi) is 4.61. The molecule has 4 N–H and O–H groups in total. The van der Waals surface area contributed by atoms with Gasteiger partial charge in [-0.25, -0.2) is 4.79 Å². The fourth-order valence-electron chi connectivity index (χ4n) is 1.35. The maximum atomic E-state index is 11.1. The Morgan fingerprint density at radius 3 is 2.35 bits per heavy atom. The van der Waals surface area contributed by atoms with E-state index in [4.69, 9.17) is 9.47 Å². The Morgan fingerprint density at radius 1 is 1.24 bits per heavy atom. The van der Waals surface area contributed by atoms with Gasteiger partial charge in [0.25, 0.3) is 0 Å². The highest BCUT2D eigenvalue weighted by Gasteiger charge is 2.43. The van der Waals surface area contributed by atoms with Crippen molar-refractivity contribution in [2.45, 2.75) is 37.6 Å². The van der Waals surface area contributed by atoms with Gasteiger partial charge in [0.15, 0.2) is 6.29 Å². The monoisotopic (exact) mass is 248 g/mol. The van der Waals surface area contributed by atoms with E-state index in [-0.39, 0.29) is 12.2 Å². The Bertz CT molecular complexity index is 303. The molecular formula is C10H16O7. The van der Waals surface area contributed by atoms with Gasteiger partial charge >= 0.3 is 5.97 Å². The minimum absolute atomic E-state index is 0.177. The zero-order valence-electron chi connectivity index (χ0n) is 9.31. The van der Waals surface area contributed by atoms with E-state index in [9.17, 15) is 25.2 Å². The fraction of sp³-hybridized carbons (Fsp3) is 0.700. The van der Waals surface area contributed by atoms with Crippen LogP contribution in [-0.2, 0) is 14.3 Å². The highest BCUT2D eigenvalue weighted by molar-refractivity contribution is 5.86. The Labute approximate surface area is 97.9 Å². The predicted octanol–water partition coefficient (Wildman–Crippen LogP) is -2.09. The summed E-state index contributed by atoms with van der Waals surface area (Å²) < 4.78 is 9.52. The third kappa shape index (κ3) is 3.24. The first kappa shape index (κ1) is 14.1. The SMILES string of the molecule is C=C(C)C(=O)OC[C@H]1OC(O)[C@H](O)[C@@H](O)[C@@H]1O. The van der Waals surface area contributed by atoms with Crippen LogP contribution in [0.2, 0.25) is 0 Å². The molecule has 7 nitrogen and oxygen atoms in total. The summed E-state index contributed by atoms with van der Waals surface area (Å²) in [5, 5.41) is 37.3. The summed E-state index contributed by atoms with van der Waals surface area (Å²) in [6.07, 6.45) is -7.36. The molecule has 0 spiro atoms. The average Bonchev–Trinajstić information content (AvgIpc) is 2.28. The standard InChI is InChI=1S/C10H16O7/c1-4(2)9(14)16-3-5-6(11)7(12)8(13)10(15)17-5/h5-8,10-13,15H,1,3H2,2H3/t5-,6-,7+,8-,10?/m1/s1. The molecule has 5 atom stereocenters. The van der Waals surface area contributed by atoms with Crippen molar-refractivity contribution in [1.82, 2.24) is 0 Å². The molecule has 17 heavy (non-hydrogen) atoms. The van der Waals surface area contributed by atoms with Crippen LogP contribution in [0.4, 0.5) is 0 Å². The molecule has 0 aliphatic carbocycles. The lowest BCUT2D eigenvalue weighted by Crippen LogP contribution is -2.58. The van der Waals surface area contributed by atoms with Crippen LogP contribution in [-0.4, -0.2) is 63.7 Å². The number of hydrogen-bond acceptors (Lipinski definition) is 7. The summed E-state index contributed by atoms with van der Waals surface area (Å²) in [5.74, 6) is -0.670. The molecule has 7 heteroatoms. The molecule has 0 saturated carbocycles. The quantitative estimate of drug-likeness (QED) is 0.334. The summed E-state index contributed by atoms with van der Waals surface area (Å²) in [4.78, 5) is 11.1. The van der Waals surface area contributed by atoms with E-state index in [0.29, 0.717) is 0 Å². The molecule has 1 rings (SSSR count). The summed E-state index contributed by atoms with van der Waals surface area (Å²) in [6.45, 7) is 4.46. The first-order valence-electron chi connectivity index (χ1n) is 5.05. The number of rotatable bonds is 3. The van der Waals surface area contributed by atoms with Gasteiger partial charge in [-0.3, -0.25) is 0 Å². The number of aliphatic hydroxyl groups is 4. The van der Waals surface area contributed by atoms with Gasteiger partial charge in [-0.2, -0.15) is 0 Å². The van der Waals surface area contributed by atoms with Crippen LogP contribution >= 0.6 is 0 Å². The van der Waals surface area contributed by atoms with Crippen molar-refractivity contribution in [3.8, 4) is 0 Å². The van der Waals surface area contributed by atoms with Crippen LogP contribution in [0.5, 0.6) is 0 Å². The first-order valence-corrected chi connectivity index (χ1v) is 5.05. The second-order valence-electron chi connectivity index (χ2n) is 3.92. The normalized spacial score (nSPS) is 37.6. The number of hydrogen-bond donors (Lipinski definition) is 4. The van der Waals surface area contributed by atoms with Crippen LogP contribution < -0.4 is 0 Å². The Balaban J connectivity index is 2.54. The highest BCUT2D eigenvalue weighted by Crippen LogP contribution is 2.20. The topological polar surface area (TPSA) is 116 Å². The van der Waals surface area contributed by atoms with E-state index >= 15 is 0 Å². The summed E-state index contributed by atoms with van der Waals surface area (Å²) >= 11 is 0. The van der Waals surface area contributed by atoms with Gasteiger partial charge in [0, 0.05) is 5.57 Å². The number of ether oxygens (including phenoxy) is 2. The van der Waals surface area contributed by atoms with Crippen LogP contribution in [0, 0.1) is 0 Å².